The Morgan fingerprint density at radius 2 is 2.04 bits per heavy atom. The van der Waals surface area contributed by atoms with Gasteiger partial charge in [0.25, 0.3) is 0 Å². The number of aryl methyl sites for hydroxylation is 1. The van der Waals surface area contributed by atoms with Gasteiger partial charge in [-0.2, -0.15) is 9.40 Å². The maximum absolute atomic E-state index is 12.8. The van der Waals surface area contributed by atoms with Gasteiger partial charge in [0.15, 0.2) is 0 Å². The average molecular weight is 335 g/mol. The molecule has 0 spiro atoms. The van der Waals surface area contributed by atoms with Crippen LogP contribution in [-0.2, 0) is 34.1 Å². The van der Waals surface area contributed by atoms with Crippen molar-refractivity contribution >= 4 is 10.0 Å². The molecule has 0 saturated heterocycles. The molecule has 6 nitrogen and oxygen atoms in total. The van der Waals surface area contributed by atoms with Crippen LogP contribution in [0.15, 0.2) is 36.5 Å². The molecule has 2 aromatic rings. The molecule has 1 aliphatic heterocycles. The molecule has 0 bridgehead atoms. The van der Waals surface area contributed by atoms with Gasteiger partial charge in [0.05, 0.1) is 30.8 Å². The predicted molar refractivity (Wildman–Crippen MR) is 87.3 cm³/mol. The van der Waals surface area contributed by atoms with Crippen molar-refractivity contribution in [3.05, 3.63) is 53.3 Å². The summed E-state index contributed by atoms with van der Waals surface area (Å²) in [7, 11) is 0.0873. The Balaban J connectivity index is 1.87. The number of methoxy groups -OCH3 is 1. The molecule has 0 aliphatic carbocycles. The number of hydrogen-bond acceptors (Lipinski definition) is 4. The molecule has 0 fully saturated rings. The largest absolute Gasteiger partial charge is 0.384 e. The lowest BCUT2D eigenvalue weighted by Gasteiger charge is -2.32. The molecular weight excluding hydrogens is 314 g/mol. The van der Waals surface area contributed by atoms with Gasteiger partial charge in [-0.05, 0) is 5.56 Å². The second-order valence-corrected chi connectivity index (χ2v) is 7.83. The summed E-state index contributed by atoms with van der Waals surface area (Å²) in [6.45, 7) is 1.28. The smallest absolute Gasteiger partial charge is 0.218 e. The SMILES string of the molecule is COCC1CN(S(=O)(=O)Cc2ccccc2)Cc2c1cnn2C. The van der Waals surface area contributed by atoms with E-state index in [0.717, 1.165) is 16.8 Å². The van der Waals surface area contributed by atoms with Crippen LogP contribution in [0, 0.1) is 0 Å². The standard InChI is InChI=1S/C16H21N3O3S/c1-18-16-10-19(9-14(11-22-2)15(16)8-17-18)23(20,21)12-13-6-4-3-5-7-13/h3-8,14H,9-12H2,1-2H3. The van der Waals surface area contributed by atoms with Gasteiger partial charge in [-0.1, -0.05) is 30.3 Å². The van der Waals surface area contributed by atoms with E-state index in [0.29, 0.717) is 19.7 Å². The third kappa shape index (κ3) is 3.31. The highest BCUT2D eigenvalue weighted by Crippen LogP contribution is 2.30. The molecule has 1 aliphatic rings. The van der Waals surface area contributed by atoms with Gasteiger partial charge < -0.3 is 4.74 Å². The first-order valence-corrected chi connectivity index (χ1v) is 9.13. The molecule has 1 atom stereocenters. The van der Waals surface area contributed by atoms with Crippen LogP contribution in [0.25, 0.3) is 0 Å². The number of benzene rings is 1. The summed E-state index contributed by atoms with van der Waals surface area (Å²) in [5.74, 6) is 0.0313. The van der Waals surface area contributed by atoms with E-state index < -0.39 is 10.0 Å². The number of fused-ring (bicyclic) bond motifs is 1. The topological polar surface area (TPSA) is 64.4 Å². The molecule has 0 N–H and O–H groups in total. The van der Waals surface area contributed by atoms with Gasteiger partial charge in [0, 0.05) is 32.2 Å². The van der Waals surface area contributed by atoms with E-state index in [9.17, 15) is 8.42 Å². The summed E-state index contributed by atoms with van der Waals surface area (Å²) in [6, 6.07) is 9.27. The number of rotatable bonds is 5. The number of aromatic nitrogens is 2. The Labute approximate surface area is 136 Å². The zero-order valence-corrected chi connectivity index (χ0v) is 14.2. The first-order valence-electron chi connectivity index (χ1n) is 7.52. The van der Waals surface area contributed by atoms with Crippen LogP contribution in [0.5, 0.6) is 0 Å². The molecule has 1 unspecified atom stereocenters. The molecule has 0 amide bonds. The van der Waals surface area contributed by atoms with Crippen molar-refractivity contribution in [3.63, 3.8) is 0 Å². The normalized spacial score (nSPS) is 18.8. The van der Waals surface area contributed by atoms with Crippen molar-refractivity contribution in [2.75, 3.05) is 20.3 Å². The highest BCUT2D eigenvalue weighted by Gasteiger charge is 2.34. The van der Waals surface area contributed by atoms with E-state index >= 15 is 0 Å². The Bertz CT molecular complexity index is 771. The van der Waals surface area contributed by atoms with Crippen LogP contribution in [0.1, 0.15) is 22.7 Å². The summed E-state index contributed by atoms with van der Waals surface area (Å²) in [4.78, 5) is 0. The highest BCUT2D eigenvalue weighted by molar-refractivity contribution is 7.88. The molecule has 124 valence electrons. The highest BCUT2D eigenvalue weighted by atomic mass is 32.2. The fourth-order valence-electron chi connectivity index (χ4n) is 3.02. The van der Waals surface area contributed by atoms with Gasteiger partial charge >= 0.3 is 0 Å². The van der Waals surface area contributed by atoms with Crippen molar-refractivity contribution in [3.8, 4) is 0 Å². The van der Waals surface area contributed by atoms with Crippen LogP contribution in [0.4, 0.5) is 0 Å². The predicted octanol–water partition coefficient (Wildman–Crippen LogP) is 1.50. The summed E-state index contributed by atoms with van der Waals surface area (Å²) in [5, 5.41) is 4.27. The summed E-state index contributed by atoms with van der Waals surface area (Å²) < 4.78 is 34.2. The second-order valence-electron chi connectivity index (χ2n) is 5.86. The van der Waals surface area contributed by atoms with Gasteiger partial charge in [-0.3, -0.25) is 4.68 Å². The van der Waals surface area contributed by atoms with E-state index in [4.69, 9.17) is 4.74 Å². The Morgan fingerprint density at radius 1 is 1.30 bits per heavy atom. The molecule has 0 saturated carbocycles. The van der Waals surface area contributed by atoms with Crippen LogP contribution >= 0.6 is 0 Å². The summed E-state index contributed by atoms with van der Waals surface area (Å²) in [6.07, 6.45) is 1.82. The van der Waals surface area contributed by atoms with Crippen LogP contribution in [-0.4, -0.2) is 42.8 Å². The number of hydrogen-bond donors (Lipinski definition) is 0. The minimum atomic E-state index is -3.39. The van der Waals surface area contributed by atoms with Gasteiger partial charge in [-0.25, -0.2) is 8.42 Å². The number of ether oxygens (including phenoxy) is 1. The molecule has 7 heteroatoms. The van der Waals surface area contributed by atoms with Gasteiger partial charge in [0.2, 0.25) is 10.0 Å². The first kappa shape index (κ1) is 16.2. The van der Waals surface area contributed by atoms with Crippen molar-refractivity contribution < 1.29 is 13.2 Å². The van der Waals surface area contributed by atoms with Crippen LogP contribution in [0.3, 0.4) is 0 Å². The Kier molecular flexibility index (Phi) is 4.52. The molecule has 3 rings (SSSR count). The second kappa shape index (κ2) is 6.43. The number of nitrogens with zero attached hydrogens (tertiary/aromatic N) is 3. The minimum Gasteiger partial charge on any atom is -0.384 e. The van der Waals surface area contributed by atoms with Crippen molar-refractivity contribution in [1.29, 1.82) is 0 Å². The number of sulfonamides is 1. The van der Waals surface area contributed by atoms with Crippen molar-refractivity contribution in [1.82, 2.24) is 14.1 Å². The molecule has 2 heterocycles. The quantitative estimate of drug-likeness (QED) is 0.830. The lowest BCUT2D eigenvalue weighted by molar-refractivity contribution is 0.162. The third-order valence-corrected chi connectivity index (χ3v) is 6.00. The van der Waals surface area contributed by atoms with Crippen molar-refractivity contribution in [2.24, 2.45) is 7.05 Å². The molecule has 0 radical (unpaired) electrons. The maximum Gasteiger partial charge on any atom is 0.218 e. The van der Waals surface area contributed by atoms with Crippen LogP contribution in [0.2, 0.25) is 0 Å². The van der Waals surface area contributed by atoms with E-state index in [1.165, 1.54) is 0 Å². The van der Waals surface area contributed by atoms with E-state index in [-0.39, 0.29) is 11.7 Å². The van der Waals surface area contributed by atoms with Crippen molar-refractivity contribution in [2.45, 2.75) is 18.2 Å². The van der Waals surface area contributed by atoms with E-state index in [1.807, 2.05) is 43.6 Å². The average Bonchev–Trinajstić information content (AvgIpc) is 2.90. The Hall–Kier alpha value is -1.70. The van der Waals surface area contributed by atoms with Gasteiger partial charge in [-0.15, -0.1) is 0 Å². The Morgan fingerprint density at radius 3 is 2.74 bits per heavy atom. The monoisotopic (exact) mass is 335 g/mol. The van der Waals surface area contributed by atoms with E-state index in [2.05, 4.69) is 5.10 Å². The van der Waals surface area contributed by atoms with Gasteiger partial charge in [0.1, 0.15) is 0 Å². The van der Waals surface area contributed by atoms with E-state index in [1.54, 1.807) is 16.1 Å². The zero-order valence-electron chi connectivity index (χ0n) is 13.3. The first-order chi connectivity index (χ1) is 11.0. The summed E-state index contributed by atoms with van der Waals surface area (Å²) in [5.41, 5.74) is 2.82. The minimum absolute atomic E-state index is 0.0146. The zero-order chi connectivity index (χ0) is 16.4. The third-order valence-electron chi connectivity index (χ3n) is 4.24. The lowest BCUT2D eigenvalue weighted by Crippen LogP contribution is -2.40. The lowest BCUT2D eigenvalue weighted by atomic mass is 9.97. The molecule has 1 aromatic heterocycles. The molecular formula is C16H21N3O3S. The summed E-state index contributed by atoms with van der Waals surface area (Å²) >= 11 is 0. The molecule has 1 aromatic carbocycles. The fourth-order valence-corrected chi connectivity index (χ4v) is 4.54. The fraction of sp³-hybridized carbons (Fsp3) is 0.438. The maximum atomic E-state index is 12.8. The van der Waals surface area contributed by atoms with Crippen LogP contribution < -0.4 is 0 Å². The molecule has 23 heavy (non-hydrogen) atoms.